The number of benzene rings is 2. The van der Waals surface area contributed by atoms with Crippen molar-refractivity contribution in [2.75, 3.05) is 0 Å². The SMILES string of the molecule is O=Cc1ccc(-n2nnc3ccccc32)cc1C(F)(F)F. The molecule has 7 heteroatoms. The van der Waals surface area contributed by atoms with Crippen LogP contribution in [0.2, 0.25) is 0 Å². The molecule has 106 valence electrons. The van der Waals surface area contributed by atoms with E-state index in [1.807, 2.05) is 0 Å². The summed E-state index contributed by atoms with van der Waals surface area (Å²) in [5.74, 6) is 0. The fourth-order valence-electron chi connectivity index (χ4n) is 2.08. The molecule has 0 bridgehead atoms. The molecule has 1 aromatic heterocycles. The Bertz CT molecular complexity index is 824. The van der Waals surface area contributed by atoms with Crippen LogP contribution in [0.3, 0.4) is 0 Å². The summed E-state index contributed by atoms with van der Waals surface area (Å²) in [6.45, 7) is 0. The summed E-state index contributed by atoms with van der Waals surface area (Å²) >= 11 is 0. The van der Waals surface area contributed by atoms with Gasteiger partial charge in [0.15, 0.2) is 6.29 Å². The molecular weight excluding hydrogens is 283 g/mol. The Hall–Kier alpha value is -2.70. The van der Waals surface area contributed by atoms with E-state index in [2.05, 4.69) is 10.3 Å². The van der Waals surface area contributed by atoms with E-state index >= 15 is 0 Å². The minimum absolute atomic E-state index is 0.187. The number of hydrogen-bond acceptors (Lipinski definition) is 3. The molecule has 1 heterocycles. The lowest BCUT2D eigenvalue weighted by Gasteiger charge is -2.11. The largest absolute Gasteiger partial charge is 0.417 e. The molecular formula is C14H8F3N3O. The molecule has 0 saturated carbocycles. The molecule has 0 aliphatic heterocycles. The van der Waals surface area contributed by atoms with Crippen LogP contribution in [0.4, 0.5) is 13.2 Å². The Kier molecular flexibility index (Phi) is 2.97. The number of nitrogens with zero attached hydrogens (tertiary/aromatic N) is 3. The van der Waals surface area contributed by atoms with E-state index in [1.54, 1.807) is 24.3 Å². The number of hydrogen-bond donors (Lipinski definition) is 0. The second-order valence-electron chi connectivity index (χ2n) is 4.38. The molecule has 0 spiro atoms. The molecule has 4 nitrogen and oxygen atoms in total. The van der Waals surface area contributed by atoms with E-state index in [4.69, 9.17) is 0 Å². The zero-order valence-corrected chi connectivity index (χ0v) is 10.5. The molecule has 0 N–H and O–H groups in total. The van der Waals surface area contributed by atoms with Gasteiger partial charge in [0.2, 0.25) is 0 Å². The molecule has 0 fully saturated rings. The number of aldehydes is 1. The minimum Gasteiger partial charge on any atom is -0.298 e. The van der Waals surface area contributed by atoms with Crippen LogP contribution in [0.25, 0.3) is 16.7 Å². The second-order valence-corrected chi connectivity index (χ2v) is 4.38. The highest BCUT2D eigenvalue weighted by Gasteiger charge is 2.33. The Labute approximate surface area is 116 Å². The third-order valence-electron chi connectivity index (χ3n) is 3.07. The Morgan fingerprint density at radius 3 is 2.57 bits per heavy atom. The van der Waals surface area contributed by atoms with Crippen molar-refractivity contribution in [3.05, 3.63) is 53.6 Å². The van der Waals surface area contributed by atoms with Crippen molar-refractivity contribution in [3.8, 4) is 5.69 Å². The first-order valence-electron chi connectivity index (χ1n) is 5.98. The Morgan fingerprint density at radius 2 is 1.86 bits per heavy atom. The van der Waals surface area contributed by atoms with Crippen LogP contribution in [0, 0.1) is 0 Å². The van der Waals surface area contributed by atoms with Crippen molar-refractivity contribution in [1.29, 1.82) is 0 Å². The second kappa shape index (κ2) is 4.69. The van der Waals surface area contributed by atoms with Gasteiger partial charge in [-0.3, -0.25) is 4.79 Å². The quantitative estimate of drug-likeness (QED) is 0.681. The number of para-hydroxylation sites is 1. The highest BCUT2D eigenvalue weighted by Crippen LogP contribution is 2.33. The fourth-order valence-corrected chi connectivity index (χ4v) is 2.08. The third kappa shape index (κ3) is 2.26. The predicted octanol–water partition coefficient (Wildman–Crippen LogP) is 3.25. The molecule has 21 heavy (non-hydrogen) atoms. The number of aromatic nitrogens is 3. The predicted molar refractivity (Wildman–Crippen MR) is 69.3 cm³/mol. The average molecular weight is 291 g/mol. The summed E-state index contributed by atoms with van der Waals surface area (Å²) in [5, 5.41) is 7.75. The van der Waals surface area contributed by atoms with Crippen molar-refractivity contribution in [2.45, 2.75) is 6.18 Å². The first kappa shape index (κ1) is 13.3. The number of carbonyl (C=O) groups is 1. The first-order chi connectivity index (χ1) is 10.0. The Balaban J connectivity index is 2.22. The van der Waals surface area contributed by atoms with Crippen LogP contribution in [-0.2, 0) is 6.18 Å². The molecule has 0 atom stereocenters. The van der Waals surface area contributed by atoms with Gasteiger partial charge in [-0.15, -0.1) is 5.10 Å². The van der Waals surface area contributed by atoms with E-state index in [0.29, 0.717) is 11.0 Å². The lowest BCUT2D eigenvalue weighted by atomic mass is 10.1. The maximum Gasteiger partial charge on any atom is 0.417 e. The molecule has 0 aliphatic carbocycles. The van der Waals surface area contributed by atoms with Gasteiger partial charge in [-0.05, 0) is 30.3 Å². The average Bonchev–Trinajstić information content (AvgIpc) is 2.89. The van der Waals surface area contributed by atoms with Crippen molar-refractivity contribution >= 4 is 17.3 Å². The van der Waals surface area contributed by atoms with Gasteiger partial charge in [0, 0.05) is 5.56 Å². The van der Waals surface area contributed by atoms with Gasteiger partial charge in [0.05, 0.1) is 16.8 Å². The van der Waals surface area contributed by atoms with E-state index in [0.717, 1.165) is 12.1 Å². The van der Waals surface area contributed by atoms with E-state index in [-0.39, 0.29) is 12.0 Å². The fraction of sp³-hybridized carbons (Fsp3) is 0.0714. The molecule has 0 radical (unpaired) electrons. The molecule has 0 aliphatic rings. The third-order valence-corrected chi connectivity index (χ3v) is 3.07. The number of carbonyl (C=O) groups excluding carboxylic acids is 1. The Morgan fingerprint density at radius 1 is 1.10 bits per heavy atom. The topological polar surface area (TPSA) is 47.8 Å². The number of alkyl halides is 3. The van der Waals surface area contributed by atoms with E-state index in [1.165, 1.54) is 10.7 Å². The normalized spacial score (nSPS) is 11.8. The molecule has 2 aromatic carbocycles. The highest BCUT2D eigenvalue weighted by atomic mass is 19.4. The molecule has 3 aromatic rings. The zero-order valence-electron chi connectivity index (χ0n) is 10.5. The van der Waals surface area contributed by atoms with Crippen LogP contribution in [0.5, 0.6) is 0 Å². The summed E-state index contributed by atoms with van der Waals surface area (Å²) < 4.78 is 40.2. The lowest BCUT2D eigenvalue weighted by Crippen LogP contribution is -2.10. The molecule has 0 amide bonds. The summed E-state index contributed by atoms with van der Waals surface area (Å²) in [4.78, 5) is 10.7. The maximum absolute atomic E-state index is 13.0. The standard InChI is InChI=1S/C14H8F3N3O/c15-14(16,17)11-7-10(6-5-9(11)8-21)20-13-4-2-1-3-12(13)18-19-20/h1-8H. The van der Waals surface area contributed by atoms with Crippen molar-refractivity contribution in [2.24, 2.45) is 0 Å². The van der Waals surface area contributed by atoms with Gasteiger partial charge in [0.25, 0.3) is 0 Å². The summed E-state index contributed by atoms with van der Waals surface area (Å²) in [6, 6.07) is 10.3. The lowest BCUT2D eigenvalue weighted by molar-refractivity contribution is -0.137. The maximum atomic E-state index is 13.0. The van der Waals surface area contributed by atoms with Gasteiger partial charge in [-0.1, -0.05) is 17.3 Å². The van der Waals surface area contributed by atoms with Gasteiger partial charge >= 0.3 is 6.18 Å². The van der Waals surface area contributed by atoms with Crippen molar-refractivity contribution in [3.63, 3.8) is 0 Å². The summed E-state index contributed by atoms with van der Waals surface area (Å²) in [5.41, 5.74) is -0.0399. The van der Waals surface area contributed by atoms with Gasteiger partial charge in [-0.25, -0.2) is 4.68 Å². The molecule has 0 saturated heterocycles. The number of rotatable bonds is 2. The summed E-state index contributed by atoms with van der Waals surface area (Å²) in [7, 11) is 0. The van der Waals surface area contributed by atoms with Crippen LogP contribution in [-0.4, -0.2) is 21.3 Å². The minimum atomic E-state index is -4.61. The van der Waals surface area contributed by atoms with Gasteiger partial charge in [0.1, 0.15) is 5.52 Å². The van der Waals surface area contributed by atoms with Crippen LogP contribution in [0.15, 0.2) is 42.5 Å². The van der Waals surface area contributed by atoms with E-state index in [9.17, 15) is 18.0 Å². The van der Waals surface area contributed by atoms with Crippen molar-refractivity contribution < 1.29 is 18.0 Å². The smallest absolute Gasteiger partial charge is 0.298 e. The number of halogens is 3. The van der Waals surface area contributed by atoms with Crippen LogP contribution >= 0.6 is 0 Å². The monoisotopic (exact) mass is 291 g/mol. The first-order valence-corrected chi connectivity index (χ1v) is 5.98. The van der Waals surface area contributed by atoms with Crippen molar-refractivity contribution in [1.82, 2.24) is 15.0 Å². The van der Waals surface area contributed by atoms with Gasteiger partial charge in [-0.2, -0.15) is 13.2 Å². The zero-order chi connectivity index (χ0) is 15.0. The summed E-state index contributed by atoms with van der Waals surface area (Å²) in [6.07, 6.45) is -4.42. The number of fused-ring (bicyclic) bond motifs is 1. The van der Waals surface area contributed by atoms with Gasteiger partial charge < -0.3 is 0 Å². The molecule has 3 rings (SSSR count). The van der Waals surface area contributed by atoms with E-state index < -0.39 is 17.3 Å². The molecule has 0 unspecified atom stereocenters. The van der Waals surface area contributed by atoms with Crippen LogP contribution in [0.1, 0.15) is 15.9 Å². The highest BCUT2D eigenvalue weighted by molar-refractivity contribution is 5.79. The van der Waals surface area contributed by atoms with Crippen LogP contribution < -0.4 is 0 Å².